The van der Waals surface area contributed by atoms with Gasteiger partial charge in [-0.05, 0) is 19.9 Å². The van der Waals surface area contributed by atoms with Crippen molar-refractivity contribution in [2.24, 2.45) is 0 Å². The summed E-state index contributed by atoms with van der Waals surface area (Å²) in [5, 5.41) is 4.71. The Hall–Kier alpha value is -2.87. The van der Waals surface area contributed by atoms with Gasteiger partial charge in [0.15, 0.2) is 4.96 Å². The van der Waals surface area contributed by atoms with Gasteiger partial charge in [-0.15, -0.1) is 11.3 Å². The number of fused-ring (bicyclic) bond motifs is 2. The summed E-state index contributed by atoms with van der Waals surface area (Å²) in [6, 6.07) is 2.47. The van der Waals surface area contributed by atoms with Crippen LogP contribution >= 0.6 is 11.3 Å². The number of imidazole rings is 1. The number of carbonyl (C=O) groups excluding carboxylic acids is 1. The van der Waals surface area contributed by atoms with Crippen LogP contribution in [-0.2, 0) is 6.54 Å². The first-order chi connectivity index (χ1) is 12.0. The van der Waals surface area contributed by atoms with Crippen molar-refractivity contribution in [2.75, 3.05) is 0 Å². The Balaban J connectivity index is 1.64. The van der Waals surface area contributed by atoms with Crippen molar-refractivity contribution in [1.82, 2.24) is 24.7 Å². The van der Waals surface area contributed by atoms with Crippen LogP contribution in [0.4, 0.5) is 4.39 Å². The highest BCUT2D eigenvalue weighted by molar-refractivity contribution is 7.15. The van der Waals surface area contributed by atoms with E-state index >= 15 is 0 Å². The van der Waals surface area contributed by atoms with Crippen molar-refractivity contribution in [3.63, 3.8) is 0 Å². The highest BCUT2D eigenvalue weighted by atomic mass is 32.1. The third kappa shape index (κ3) is 2.85. The van der Waals surface area contributed by atoms with Crippen molar-refractivity contribution in [3.8, 4) is 0 Å². The maximum atomic E-state index is 13.9. The summed E-state index contributed by atoms with van der Waals surface area (Å²) < 4.78 is 15.8. The van der Waals surface area contributed by atoms with Crippen molar-refractivity contribution in [1.29, 1.82) is 0 Å². The van der Waals surface area contributed by atoms with Gasteiger partial charge in [0.1, 0.15) is 11.3 Å². The zero-order valence-corrected chi connectivity index (χ0v) is 14.4. The van der Waals surface area contributed by atoms with E-state index in [2.05, 4.69) is 20.3 Å². The summed E-state index contributed by atoms with van der Waals surface area (Å²) in [5.74, 6) is -0.920. The molecule has 0 aliphatic heterocycles. The number of thiazole rings is 1. The molecule has 1 aromatic carbocycles. The van der Waals surface area contributed by atoms with Crippen molar-refractivity contribution in [2.45, 2.75) is 20.4 Å². The quantitative estimate of drug-likeness (QED) is 0.613. The SMILES string of the molecule is Cc1nc2cc(F)cc(C(=O)NCc3cn4ccsc4n3)c2nc1C. The number of hydrogen-bond acceptors (Lipinski definition) is 5. The molecule has 4 rings (SSSR count). The number of nitrogens with one attached hydrogen (secondary N) is 1. The van der Waals surface area contributed by atoms with E-state index in [0.29, 0.717) is 22.4 Å². The minimum absolute atomic E-state index is 0.173. The summed E-state index contributed by atoms with van der Waals surface area (Å²) in [5.41, 5.74) is 3.10. The molecule has 4 aromatic rings. The minimum atomic E-state index is -0.516. The van der Waals surface area contributed by atoms with Crippen LogP contribution in [0.3, 0.4) is 0 Å². The van der Waals surface area contributed by atoms with Gasteiger partial charge < -0.3 is 5.32 Å². The molecule has 0 saturated heterocycles. The second-order valence-electron chi connectivity index (χ2n) is 5.72. The molecule has 0 aliphatic rings. The van der Waals surface area contributed by atoms with Crippen molar-refractivity contribution >= 4 is 33.2 Å². The summed E-state index contributed by atoms with van der Waals surface area (Å²) in [4.78, 5) is 26.6. The smallest absolute Gasteiger partial charge is 0.253 e. The van der Waals surface area contributed by atoms with Gasteiger partial charge in [-0.3, -0.25) is 9.20 Å². The van der Waals surface area contributed by atoms with E-state index < -0.39 is 11.7 Å². The molecule has 0 atom stereocenters. The first-order valence-corrected chi connectivity index (χ1v) is 8.53. The third-order valence-corrected chi connectivity index (χ3v) is 4.73. The number of aryl methyl sites for hydroxylation is 2. The van der Waals surface area contributed by atoms with E-state index in [4.69, 9.17) is 0 Å². The predicted molar refractivity (Wildman–Crippen MR) is 93.2 cm³/mol. The van der Waals surface area contributed by atoms with E-state index in [0.717, 1.165) is 10.7 Å². The molecule has 1 N–H and O–H groups in total. The van der Waals surface area contributed by atoms with Crippen LogP contribution in [0.25, 0.3) is 16.0 Å². The highest BCUT2D eigenvalue weighted by Gasteiger charge is 2.16. The van der Waals surface area contributed by atoms with Crippen LogP contribution in [0.2, 0.25) is 0 Å². The number of carbonyl (C=O) groups is 1. The van der Waals surface area contributed by atoms with Gasteiger partial charge in [-0.25, -0.2) is 19.3 Å². The molecule has 126 valence electrons. The fourth-order valence-corrected chi connectivity index (χ4v) is 3.32. The van der Waals surface area contributed by atoms with Crippen LogP contribution in [0.15, 0.2) is 29.9 Å². The number of rotatable bonds is 3. The molecule has 0 aliphatic carbocycles. The van der Waals surface area contributed by atoms with E-state index in [1.165, 1.54) is 23.5 Å². The maximum absolute atomic E-state index is 13.9. The number of halogens is 1. The molecule has 1 amide bonds. The van der Waals surface area contributed by atoms with Gasteiger partial charge in [0.05, 0.1) is 34.7 Å². The van der Waals surface area contributed by atoms with E-state index in [1.807, 2.05) is 29.1 Å². The monoisotopic (exact) mass is 355 g/mol. The van der Waals surface area contributed by atoms with E-state index in [-0.39, 0.29) is 12.1 Å². The second kappa shape index (κ2) is 5.89. The van der Waals surface area contributed by atoms with Crippen LogP contribution in [0.1, 0.15) is 27.4 Å². The summed E-state index contributed by atoms with van der Waals surface area (Å²) >= 11 is 1.52. The van der Waals surface area contributed by atoms with E-state index in [1.54, 1.807) is 6.92 Å². The molecule has 25 heavy (non-hydrogen) atoms. The Labute approximate surface area is 146 Å². The van der Waals surface area contributed by atoms with Crippen LogP contribution < -0.4 is 5.32 Å². The largest absolute Gasteiger partial charge is 0.346 e. The lowest BCUT2D eigenvalue weighted by atomic mass is 10.1. The summed E-state index contributed by atoms with van der Waals surface area (Å²) in [7, 11) is 0. The molecule has 0 saturated carbocycles. The fraction of sp³-hybridized carbons (Fsp3) is 0.176. The van der Waals surface area contributed by atoms with Gasteiger partial charge >= 0.3 is 0 Å². The van der Waals surface area contributed by atoms with Gasteiger partial charge in [-0.2, -0.15) is 0 Å². The first kappa shape index (κ1) is 15.6. The Morgan fingerprint density at radius 1 is 1.24 bits per heavy atom. The number of benzene rings is 1. The third-order valence-electron chi connectivity index (χ3n) is 3.96. The molecule has 3 aromatic heterocycles. The van der Waals surface area contributed by atoms with Crippen LogP contribution in [0, 0.1) is 19.7 Å². The Kier molecular flexibility index (Phi) is 3.69. The van der Waals surface area contributed by atoms with Crippen molar-refractivity contribution in [3.05, 3.63) is 58.4 Å². The molecule has 3 heterocycles. The fourth-order valence-electron chi connectivity index (χ4n) is 2.60. The van der Waals surface area contributed by atoms with Crippen LogP contribution in [0.5, 0.6) is 0 Å². The molecule has 0 radical (unpaired) electrons. The Morgan fingerprint density at radius 2 is 2.04 bits per heavy atom. The number of amides is 1. The lowest BCUT2D eigenvalue weighted by Gasteiger charge is -2.08. The van der Waals surface area contributed by atoms with Gasteiger partial charge in [0.2, 0.25) is 0 Å². The zero-order chi connectivity index (χ0) is 17.6. The average Bonchev–Trinajstić information content (AvgIpc) is 3.15. The highest BCUT2D eigenvalue weighted by Crippen LogP contribution is 2.19. The second-order valence-corrected chi connectivity index (χ2v) is 6.60. The first-order valence-electron chi connectivity index (χ1n) is 7.65. The summed E-state index contributed by atoms with van der Waals surface area (Å²) in [6.07, 6.45) is 3.75. The molecular formula is C17H14FN5OS. The minimum Gasteiger partial charge on any atom is -0.346 e. The molecule has 0 bridgehead atoms. The van der Waals surface area contributed by atoms with Gasteiger partial charge in [0, 0.05) is 23.8 Å². The number of aromatic nitrogens is 4. The molecule has 0 unspecified atom stereocenters. The average molecular weight is 355 g/mol. The zero-order valence-electron chi connectivity index (χ0n) is 13.6. The molecule has 0 spiro atoms. The Morgan fingerprint density at radius 3 is 2.84 bits per heavy atom. The number of nitrogens with zero attached hydrogens (tertiary/aromatic N) is 4. The van der Waals surface area contributed by atoms with E-state index in [9.17, 15) is 9.18 Å². The maximum Gasteiger partial charge on any atom is 0.253 e. The lowest BCUT2D eigenvalue weighted by Crippen LogP contribution is -2.23. The standard InChI is InChI=1S/C17H14FN5OS/c1-9-10(2)21-15-13(5-11(18)6-14(15)20-9)16(24)19-7-12-8-23-3-4-25-17(23)22-12/h3-6,8H,7H2,1-2H3,(H,19,24). The number of hydrogen-bond donors (Lipinski definition) is 1. The summed E-state index contributed by atoms with van der Waals surface area (Å²) in [6.45, 7) is 3.87. The van der Waals surface area contributed by atoms with Crippen LogP contribution in [-0.4, -0.2) is 25.3 Å². The Bertz CT molecular complexity index is 1090. The van der Waals surface area contributed by atoms with Gasteiger partial charge in [-0.1, -0.05) is 0 Å². The normalized spacial score (nSPS) is 11.3. The molecule has 6 nitrogen and oxygen atoms in total. The molecule has 0 fully saturated rings. The lowest BCUT2D eigenvalue weighted by molar-refractivity contribution is 0.0951. The van der Waals surface area contributed by atoms with Crippen molar-refractivity contribution < 1.29 is 9.18 Å². The van der Waals surface area contributed by atoms with Gasteiger partial charge in [0.25, 0.3) is 5.91 Å². The molecule has 8 heteroatoms. The topological polar surface area (TPSA) is 72.2 Å². The molecular weight excluding hydrogens is 341 g/mol. The predicted octanol–water partition coefficient (Wildman–Crippen LogP) is 3.02.